The zero-order chi connectivity index (χ0) is 16.5. The van der Waals surface area contributed by atoms with E-state index in [4.69, 9.17) is 5.73 Å². The maximum Gasteiger partial charge on any atom is 0.222 e. The topological polar surface area (TPSA) is 81.6 Å². The van der Waals surface area contributed by atoms with Gasteiger partial charge in [-0.1, -0.05) is 18.2 Å². The third-order valence-electron chi connectivity index (χ3n) is 3.53. The number of benzene rings is 2. The van der Waals surface area contributed by atoms with Crippen LogP contribution in [-0.4, -0.2) is 19.5 Å². The van der Waals surface area contributed by atoms with E-state index in [0.29, 0.717) is 22.8 Å². The summed E-state index contributed by atoms with van der Waals surface area (Å²) in [6, 6.07) is 15.7. The zero-order valence-electron chi connectivity index (χ0n) is 12.5. The molecule has 3 N–H and O–H groups in total. The van der Waals surface area contributed by atoms with Crippen molar-refractivity contribution in [3.8, 4) is 5.69 Å². The Morgan fingerprint density at radius 3 is 2.46 bits per heavy atom. The fourth-order valence-electron chi connectivity index (χ4n) is 2.46. The van der Waals surface area contributed by atoms with Gasteiger partial charge in [0.1, 0.15) is 11.3 Å². The van der Waals surface area contributed by atoms with Crippen molar-refractivity contribution in [3.05, 3.63) is 66.6 Å². The van der Waals surface area contributed by atoms with Crippen molar-refractivity contribution >= 4 is 28.7 Å². The molecule has 0 aliphatic heterocycles. The summed E-state index contributed by atoms with van der Waals surface area (Å²) in [6.45, 7) is 0. The molecule has 0 aliphatic carbocycles. The number of nitrogen functional groups attached to an aromatic ring is 1. The Kier molecular flexibility index (Phi) is 3.31. The molecule has 0 spiro atoms. The number of fused-ring (bicyclic) bond motifs is 1. The minimum absolute atomic E-state index is 0.174. The fraction of sp³-hybridized carbons (Fsp3) is 0. The summed E-state index contributed by atoms with van der Waals surface area (Å²) in [4.78, 5) is 12.8. The van der Waals surface area contributed by atoms with E-state index >= 15 is 0 Å². The molecule has 118 valence electrons. The second kappa shape index (κ2) is 5.62. The van der Waals surface area contributed by atoms with Crippen LogP contribution < -0.4 is 11.1 Å². The van der Waals surface area contributed by atoms with Crippen LogP contribution in [0.4, 0.5) is 22.0 Å². The highest BCUT2D eigenvalue weighted by molar-refractivity contribution is 5.79. The van der Waals surface area contributed by atoms with Crippen LogP contribution in [0.25, 0.3) is 16.9 Å². The van der Waals surface area contributed by atoms with Crippen LogP contribution in [0.3, 0.4) is 0 Å². The molecule has 6 nitrogen and oxygen atoms in total. The molecule has 2 heterocycles. The van der Waals surface area contributed by atoms with Gasteiger partial charge in [0, 0.05) is 5.69 Å². The summed E-state index contributed by atoms with van der Waals surface area (Å²) in [5.41, 5.74) is 8.52. The zero-order valence-corrected chi connectivity index (χ0v) is 12.5. The number of para-hydroxylation sites is 1. The molecule has 0 fully saturated rings. The van der Waals surface area contributed by atoms with Crippen LogP contribution >= 0.6 is 0 Å². The first-order chi connectivity index (χ1) is 11.7. The normalized spacial score (nSPS) is 10.9. The van der Waals surface area contributed by atoms with E-state index in [1.807, 2.05) is 34.9 Å². The van der Waals surface area contributed by atoms with Gasteiger partial charge in [0.25, 0.3) is 0 Å². The SMILES string of the molecule is Nc1ncc2nc(Nc3ccc(F)cc3)n(-c3ccccc3)c2n1. The van der Waals surface area contributed by atoms with Gasteiger partial charge in [-0.05, 0) is 36.4 Å². The Morgan fingerprint density at radius 2 is 1.71 bits per heavy atom. The van der Waals surface area contributed by atoms with Crippen LogP contribution in [-0.2, 0) is 0 Å². The maximum atomic E-state index is 13.1. The van der Waals surface area contributed by atoms with Crippen LogP contribution in [0, 0.1) is 5.82 Å². The summed E-state index contributed by atoms with van der Waals surface area (Å²) < 4.78 is 14.9. The number of anilines is 3. The van der Waals surface area contributed by atoms with Crippen molar-refractivity contribution in [2.45, 2.75) is 0 Å². The highest BCUT2D eigenvalue weighted by atomic mass is 19.1. The number of rotatable bonds is 3. The first-order valence-corrected chi connectivity index (χ1v) is 7.30. The lowest BCUT2D eigenvalue weighted by atomic mass is 10.3. The first-order valence-electron chi connectivity index (χ1n) is 7.30. The minimum atomic E-state index is -0.296. The van der Waals surface area contributed by atoms with Crippen molar-refractivity contribution < 1.29 is 4.39 Å². The van der Waals surface area contributed by atoms with Crippen LogP contribution in [0.5, 0.6) is 0 Å². The van der Waals surface area contributed by atoms with E-state index in [9.17, 15) is 4.39 Å². The van der Waals surface area contributed by atoms with E-state index in [2.05, 4.69) is 20.3 Å². The molecule has 0 amide bonds. The van der Waals surface area contributed by atoms with Gasteiger partial charge in [-0.2, -0.15) is 4.98 Å². The van der Waals surface area contributed by atoms with Crippen LogP contribution in [0.15, 0.2) is 60.8 Å². The fourth-order valence-corrected chi connectivity index (χ4v) is 2.46. The second-order valence-electron chi connectivity index (χ2n) is 5.18. The summed E-state index contributed by atoms with van der Waals surface area (Å²) in [5, 5.41) is 3.18. The second-order valence-corrected chi connectivity index (χ2v) is 5.18. The molecule has 0 aliphatic rings. The molecule has 4 aromatic rings. The molecule has 0 radical (unpaired) electrons. The van der Waals surface area contributed by atoms with E-state index < -0.39 is 0 Å². The van der Waals surface area contributed by atoms with Gasteiger partial charge >= 0.3 is 0 Å². The molecule has 4 rings (SSSR count). The van der Waals surface area contributed by atoms with Gasteiger partial charge in [-0.15, -0.1) is 0 Å². The number of hydrogen-bond acceptors (Lipinski definition) is 5. The minimum Gasteiger partial charge on any atom is -0.368 e. The summed E-state index contributed by atoms with van der Waals surface area (Å²) >= 11 is 0. The number of nitrogens with one attached hydrogen (secondary N) is 1. The Bertz CT molecular complexity index is 995. The summed E-state index contributed by atoms with van der Waals surface area (Å²) in [5.74, 6) is 0.423. The van der Waals surface area contributed by atoms with Gasteiger partial charge in [0.15, 0.2) is 5.65 Å². The number of aromatic nitrogens is 4. The molecule has 7 heteroatoms. The highest BCUT2D eigenvalue weighted by Crippen LogP contribution is 2.25. The molecule has 0 saturated heterocycles. The largest absolute Gasteiger partial charge is 0.368 e. The van der Waals surface area contributed by atoms with Gasteiger partial charge in [-0.3, -0.25) is 4.57 Å². The van der Waals surface area contributed by atoms with Gasteiger partial charge in [-0.25, -0.2) is 14.4 Å². The first kappa shape index (κ1) is 14.1. The van der Waals surface area contributed by atoms with Crippen molar-refractivity contribution in [2.24, 2.45) is 0 Å². The number of nitrogens with zero attached hydrogens (tertiary/aromatic N) is 4. The molecule has 0 unspecified atom stereocenters. The summed E-state index contributed by atoms with van der Waals surface area (Å²) in [7, 11) is 0. The lowest BCUT2D eigenvalue weighted by Crippen LogP contribution is -2.03. The number of hydrogen-bond donors (Lipinski definition) is 2. The van der Waals surface area contributed by atoms with Crippen LogP contribution in [0.2, 0.25) is 0 Å². The third kappa shape index (κ3) is 2.52. The van der Waals surface area contributed by atoms with Crippen molar-refractivity contribution in [3.63, 3.8) is 0 Å². The average molecular weight is 320 g/mol. The lowest BCUT2D eigenvalue weighted by molar-refractivity contribution is 0.628. The monoisotopic (exact) mass is 320 g/mol. The number of halogens is 1. The molecule has 24 heavy (non-hydrogen) atoms. The van der Waals surface area contributed by atoms with Crippen molar-refractivity contribution in [1.82, 2.24) is 19.5 Å². The van der Waals surface area contributed by atoms with Crippen LogP contribution in [0.1, 0.15) is 0 Å². The molecular weight excluding hydrogens is 307 g/mol. The third-order valence-corrected chi connectivity index (χ3v) is 3.53. The molecule has 2 aromatic carbocycles. The Morgan fingerprint density at radius 1 is 0.958 bits per heavy atom. The number of imidazole rings is 1. The maximum absolute atomic E-state index is 13.1. The predicted octanol–water partition coefficient (Wildman–Crippen LogP) is 3.28. The lowest BCUT2D eigenvalue weighted by Gasteiger charge is -2.10. The van der Waals surface area contributed by atoms with Crippen molar-refractivity contribution in [1.29, 1.82) is 0 Å². The molecule has 0 bridgehead atoms. The quantitative estimate of drug-likeness (QED) is 0.605. The van der Waals surface area contributed by atoms with Gasteiger partial charge in [0.2, 0.25) is 11.9 Å². The van der Waals surface area contributed by atoms with E-state index in [1.165, 1.54) is 12.1 Å². The average Bonchev–Trinajstić information content (AvgIpc) is 2.95. The number of nitrogens with two attached hydrogens (primary N) is 1. The Labute approximate surface area is 136 Å². The molecule has 0 atom stereocenters. The highest BCUT2D eigenvalue weighted by Gasteiger charge is 2.14. The van der Waals surface area contributed by atoms with E-state index in [0.717, 1.165) is 5.69 Å². The smallest absolute Gasteiger partial charge is 0.222 e. The van der Waals surface area contributed by atoms with Crippen molar-refractivity contribution in [2.75, 3.05) is 11.1 Å². The molecular formula is C17H13FN6. The standard InChI is InChI=1S/C17H13FN6/c18-11-6-8-12(9-7-11)21-17-22-14-10-20-16(19)23-15(14)24(17)13-4-2-1-3-5-13/h1-10H,(H,21,22)(H2,19,20,23). The Balaban J connectivity index is 1.89. The Hall–Kier alpha value is -3.48. The van der Waals surface area contributed by atoms with E-state index in [-0.39, 0.29) is 11.8 Å². The molecule has 0 saturated carbocycles. The van der Waals surface area contributed by atoms with Gasteiger partial charge in [0.05, 0.1) is 11.9 Å². The predicted molar refractivity (Wildman–Crippen MR) is 90.8 cm³/mol. The summed E-state index contributed by atoms with van der Waals surface area (Å²) in [6.07, 6.45) is 1.58. The van der Waals surface area contributed by atoms with E-state index in [1.54, 1.807) is 18.3 Å². The van der Waals surface area contributed by atoms with Gasteiger partial charge < -0.3 is 11.1 Å². The molecule has 2 aromatic heterocycles.